The number of guanidine groups is 1. The van der Waals surface area contributed by atoms with Gasteiger partial charge in [-0.15, -0.1) is 10.2 Å². The summed E-state index contributed by atoms with van der Waals surface area (Å²) in [6, 6.07) is 0.381. The Morgan fingerprint density at radius 2 is 2.08 bits per heavy atom. The van der Waals surface area contributed by atoms with Gasteiger partial charge in [-0.1, -0.05) is 6.92 Å². The summed E-state index contributed by atoms with van der Waals surface area (Å²) in [6.07, 6.45) is -2.86. The molecule has 10 heteroatoms. The summed E-state index contributed by atoms with van der Waals surface area (Å²) in [6.45, 7) is 6.68. The topological polar surface area (TPSA) is 70.4 Å². The first-order chi connectivity index (χ1) is 12.3. The van der Waals surface area contributed by atoms with Crippen molar-refractivity contribution in [2.24, 2.45) is 12.0 Å². The van der Waals surface area contributed by atoms with Gasteiger partial charge in [0.2, 0.25) is 0 Å². The van der Waals surface area contributed by atoms with Crippen LogP contribution >= 0.6 is 0 Å². The van der Waals surface area contributed by atoms with Gasteiger partial charge in [0.1, 0.15) is 12.4 Å². The Morgan fingerprint density at radius 3 is 2.69 bits per heavy atom. The van der Waals surface area contributed by atoms with Crippen LogP contribution in [0.5, 0.6) is 0 Å². The van der Waals surface area contributed by atoms with E-state index >= 15 is 0 Å². The van der Waals surface area contributed by atoms with Crippen LogP contribution in [0, 0.1) is 6.92 Å². The van der Waals surface area contributed by atoms with Gasteiger partial charge in [-0.05, 0) is 32.9 Å². The van der Waals surface area contributed by atoms with Crippen molar-refractivity contribution in [2.75, 3.05) is 26.2 Å². The maximum absolute atomic E-state index is 12.4. The molecule has 0 saturated carbocycles. The largest absolute Gasteiger partial charge is 0.390 e. The Morgan fingerprint density at radius 1 is 1.31 bits per heavy atom. The van der Waals surface area contributed by atoms with Gasteiger partial charge in [0.15, 0.2) is 11.8 Å². The minimum atomic E-state index is -4.19. The zero-order valence-electron chi connectivity index (χ0n) is 15.6. The average Bonchev–Trinajstić information content (AvgIpc) is 3.16. The standard InChI is InChI=1S/C16H28F3N7/c1-4-26-9-5-6-13(26)10-21-15(20-8-7-16(17,18)19)22-11-14-24-23-12(2)25(14)3/h13H,4-11H2,1-3H3,(H2,20,21,22). The first-order valence-corrected chi connectivity index (χ1v) is 8.98. The number of likely N-dealkylation sites (tertiary alicyclic amines) is 1. The Labute approximate surface area is 152 Å². The van der Waals surface area contributed by atoms with Gasteiger partial charge < -0.3 is 15.2 Å². The molecule has 26 heavy (non-hydrogen) atoms. The Hall–Kier alpha value is -1.84. The van der Waals surface area contributed by atoms with Crippen LogP contribution in [-0.4, -0.2) is 64.0 Å². The molecule has 148 valence electrons. The molecule has 1 saturated heterocycles. The third kappa shape index (κ3) is 6.15. The second kappa shape index (κ2) is 9.20. The fourth-order valence-electron chi connectivity index (χ4n) is 2.99. The van der Waals surface area contributed by atoms with Crippen molar-refractivity contribution in [2.45, 2.75) is 51.9 Å². The van der Waals surface area contributed by atoms with E-state index in [0.717, 1.165) is 31.8 Å². The van der Waals surface area contributed by atoms with E-state index in [0.29, 0.717) is 24.4 Å². The molecule has 0 aliphatic carbocycles. The molecule has 1 fully saturated rings. The van der Waals surface area contributed by atoms with Gasteiger partial charge in [0.05, 0.1) is 6.42 Å². The molecular formula is C16H28F3N7. The minimum Gasteiger partial charge on any atom is -0.356 e. The van der Waals surface area contributed by atoms with Crippen molar-refractivity contribution >= 4 is 5.96 Å². The molecule has 0 bridgehead atoms. The van der Waals surface area contributed by atoms with E-state index in [2.05, 4.69) is 37.6 Å². The van der Waals surface area contributed by atoms with E-state index in [1.807, 2.05) is 18.5 Å². The van der Waals surface area contributed by atoms with Crippen LogP contribution in [0.2, 0.25) is 0 Å². The lowest BCUT2D eigenvalue weighted by Crippen LogP contribution is -2.45. The number of nitrogens with zero attached hydrogens (tertiary/aromatic N) is 5. The summed E-state index contributed by atoms with van der Waals surface area (Å²) >= 11 is 0. The van der Waals surface area contributed by atoms with Gasteiger partial charge in [0, 0.05) is 26.2 Å². The SMILES string of the molecule is CCN1CCCC1CNC(=NCc1nnc(C)n1C)NCCC(F)(F)F. The number of halogens is 3. The quantitative estimate of drug-likeness (QED) is 0.560. The molecular weight excluding hydrogens is 347 g/mol. The Bertz CT molecular complexity index is 597. The highest BCUT2D eigenvalue weighted by Crippen LogP contribution is 2.18. The fraction of sp³-hybridized carbons (Fsp3) is 0.812. The molecule has 1 aliphatic rings. The molecule has 2 heterocycles. The van der Waals surface area contributed by atoms with E-state index in [9.17, 15) is 13.2 Å². The third-order valence-electron chi connectivity index (χ3n) is 4.67. The van der Waals surface area contributed by atoms with Gasteiger partial charge in [-0.25, -0.2) is 4.99 Å². The molecule has 1 aliphatic heterocycles. The number of rotatable bonds is 7. The summed E-state index contributed by atoms with van der Waals surface area (Å²) in [4.78, 5) is 6.75. The van der Waals surface area contributed by atoms with Crippen LogP contribution in [-0.2, 0) is 13.6 Å². The number of aliphatic imine (C=N–C) groups is 1. The molecule has 2 N–H and O–H groups in total. The maximum atomic E-state index is 12.4. The summed E-state index contributed by atoms with van der Waals surface area (Å²) < 4.78 is 39.0. The van der Waals surface area contributed by atoms with E-state index < -0.39 is 12.6 Å². The van der Waals surface area contributed by atoms with Gasteiger partial charge in [0.25, 0.3) is 0 Å². The number of likely N-dealkylation sites (N-methyl/N-ethyl adjacent to an activating group) is 1. The average molecular weight is 375 g/mol. The summed E-state index contributed by atoms with van der Waals surface area (Å²) in [5.41, 5.74) is 0. The van der Waals surface area contributed by atoms with Crippen molar-refractivity contribution in [3.63, 3.8) is 0 Å². The highest BCUT2D eigenvalue weighted by atomic mass is 19.4. The highest BCUT2D eigenvalue weighted by Gasteiger charge is 2.27. The number of aryl methyl sites for hydroxylation is 1. The normalized spacial score (nSPS) is 19.2. The Kier molecular flexibility index (Phi) is 7.24. The predicted molar refractivity (Wildman–Crippen MR) is 93.8 cm³/mol. The lowest BCUT2D eigenvalue weighted by molar-refractivity contribution is -0.132. The van der Waals surface area contributed by atoms with Crippen LogP contribution in [0.3, 0.4) is 0 Å². The fourth-order valence-corrected chi connectivity index (χ4v) is 2.99. The number of alkyl halides is 3. The second-order valence-electron chi connectivity index (χ2n) is 6.48. The van der Waals surface area contributed by atoms with Crippen LogP contribution in [0.4, 0.5) is 13.2 Å². The van der Waals surface area contributed by atoms with Crippen molar-refractivity contribution in [3.8, 4) is 0 Å². The predicted octanol–water partition coefficient (Wildman–Crippen LogP) is 1.60. The Balaban J connectivity index is 1.95. The van der Waals surface area contributed by atoms with Crippen molar-refractivity contribution in [1.82, 2.24) is 30.3 Å². The number of aromatic nitrogens is 3. The van der Waals surface area contributed by atoms with Crippen LogP contribution in [0.1, 0.15) is 37.8 Å². The number of hydrogen-bond donors (Lipinski definition) is 2. The van der Waals surface area contributed by atoms with Crippen LogP contribution in [0.15, 0.2) is 4.99 Å². The molecule has 0 radical (unpaired) electrons. The molecule has 2 rings (SSSR count). The first kappa shape index (κ1) is 20.5. The van der Waals surface area contributed by atoms with Crippen LogP contribution in [0.25, 0.3) is 0 Å². The first-order valence-electron chi connectivity index (χ1n) is 8.98. The molecule has 1 unspecified atom stereocenters. The third-order valence-corrected chi connectivity index (χ3v) is 4.67. The minimum absolute atomic E-state index is 0.213. The van der Waals surface area contributed by atoms with Crippen molar-refractivity contribution in [1.29, 1.82) is 0 Å². The van der Waals surface area contributed by atoms with Gasteiger partial charge >= 0.3 is 6.18 Å². The zero-order valence-corrected chi connectivity index (χ0v) is 15.6. The molecule has 0 spiro atoms. The molecule has 7 nitrogen and oxygen atoms in total. The van der Waals surface area contributed by atoms with Crippen molar-refractivity contribution < 1.29 is 13.2 Å². The van der Waals surface area contributed by atoms with E-state index in [4.69, 9.17) is 0 Å². The van der Waals surface area contributed by atoms with Crippen molar-refractivity contribution in [3.05, 3.63) is 11.6 Å². The second-order valence-corrected chi connectivity index (χ2v) is 6.48. The van der Waals surface area contributed by atoms with E-state index in [-0.39, 0.29) is 13.1 Å². The molecule has 0 amide bonds. The summed E-state index contributed by atoms with van der Waals surface area (Å²) in [5.74, 6) is 1.80. The summed E-state index contributed by atoms with van der Waals surface area (Å²) in [5, 5.41) is 14.0. The maximum Gasteiger partial charge on any atom is 0.390 e. The van der Waals surface area contributed by atoms with E-state index in [1.165, 1.54) is 0 Å². The monoisotopic (exact) mass is 375 g/mol. The molecule has 1 aromatic rings. The lowest BCUT2D eigenvalue weighted by Gasteiger charge is -2.24. The van der Waals surface area contributed by atoms with Gasteiger partial charge in [-0.3, -0.25) is 4.90 Å². The smallest absolute Gasteiger partial charge is 0.356 e. The highest BCUT2D eigenvalue weighted by molar-refractivity contribution is 5.79. The number of hydrogen-bond acceptors (Lipinski definition) is 4. The van der Waals surface area contributed by atoms with Crippen LogP contribution < -0.4 is 10.6 Å². The molecule has 1 aromatic heterocycles. The lowest BCUT2D eigenvalue weighted by atomic mass is 10.2. The molecule has 0 aromatic carbocycles. The number of nitrogens with one attached hydrogen (secondary N) is 2. The zero-order chi connectivity index (χ0) is 19.2. The van der Waals surface area contributed by atoms with E-state index in [1.54, 1.807) is 0 Å². The summed E-state index contributed by atoms with van der Waals surface area (Å²) in [7, 11) is 1.84. The van der Waals surface area contributed by atoms with Gasteiger partial charge in [-0.2, -0.15) is 13.2 Å². The molecule has 1 atom stereocenters.